The quantitative estimate of drug-likeness (QED) is 0.0538. The predicted molar refractivity (Wildman–Crippen MR) is 320 cm³/mol. The van der Waals surface area contributed by atoms with E-state index in [4.69, 9.17) is 25.5 Å². The normalized spacial score (nSPS) is 13.4. The summed E-state index contributed by atoms with van der Waals surface area (Å²) >= 11 is 6.64. The van der Waals surface area contributed by atoms with E-state index in [-0.39, 0.29) is 67.6 Å². The molecule has 1 saturated carbocycles. The van der Waals surface area contributed by atoms with Crippen molar-refractivity contribution in [2.75, 3.05) is 25.9 Å². The maximum Gasteiger partial charge on any atom is 0.414 e. The summed E-state index contributed by atoms with van der Waals surface area (Å²) in [6.07, 6.45) is 3.91. The van der Waals surface area contributed by atoms with Crippen LogP contribution in [0, 0.1) is 25.2 Å². The van der Waals surface area contributed by atoms with Gasteiger partial charge < -0.3 is 19.2 Å². The van der Waals surface area contributed by atoms with Crippen LogP contribution < -0.4 is 24.4 Å². The number of hydrogen-bond acceptors (Lipinski definition) is 12. The number of rotatable bonds is 18. The van der Waals surface area contributed by atoms with Crippen LogP contribution in [0.5, 0.6) is 5.75 Å². The summed E-state index contributed by atoms with van der Waals surface area (Å²) in [6.45, 7) is 4.62. The summed E-state index contributed by atoms with van der Waals surface area (Å²) in [4.78, 5) is 48.0. The molecule has 0 bridgehead atoms. The lowest BCUT2D eigenvalue weighted by Crippen LogP contribution is -2.39. The van der Waals surface area contributed by atoms with Gasteiger partial charge in [-0.1, -0.05) is 115 Å². The molecule has 9 aromatic rings. The second-order valence-corrected chi connectivity index (χ2v) is 24.1. The van der Waals surface area contributed by atoms with E-state index in [2.05, 4.69) is 25.8 Å². The lowest BCUT2D eigenvalue weighted by molar-refractivity contribution is -0.133. The van der Waals surface area contributed by atoms with Crippen molar-refractivity contribution in [3.8, 4) is 11.8 Å². The van der Waals surface area contributed by atoms with Gasteiger partial charge in [0.1, 0.15) is 29.5 Å². The number of hydrogen-bond donors (Lipinski definition) is 3. The maximum atomic E-state index is 14.7. The largest absolute Gasteiger partial charge is 0.470 e. The Kier molecular flexibility index (Phi) is 16.2. The molecule has 1 aliphatic rings. The van der Waals surface area contributed by atoms with Crippen molar-refractivity contribution in [1.29, 1.82) is 5.26 Å². The molecule has 3 N–H and O–H groups in total. The second kappa shape index (κ2) is 23.6. The third-order valence-electron chi connectivity index (χ3n) is 14.1. The Balaban J connectivity index is 0.939. The second-order valence-electron chi connectivity index (χ2n) is 20.3. The van der Waals surface area contributed by atoms with Gasteiger partial charge in [0.25, 0.3) is 15.9 Å². The van der Waals surface area contributed by atoms with E-state index in [1.54, 1.807) is 47.4 Å². The zero-order chi connectivity index (χ0) is 57.9. The summed E-state index contributed by atoms with van der Waals surface area (Å²) < 4.78 is 77.1. The first-order chi connectivity index (χ1) is 39.3. The van der Waals surface area contributed by atoms with E-state index in [0.29, 0.717) is 34.3 Å². The zero-order valence-corrected chi connectivity index (χ0v) is 47.4. The van der Waals surface area contributed by atoms with Crippen molar-refractivity contribution in [2.45, 2.75) is 76.5 Å². The van der Waals surface area contributed by atoms with Crippen LogP contribution in [0.15, 0.2) is 161 Å². The third kappa shape index (κ3) is 12.6. The number of ether oxygens (including phenoxy) is 2. The van der Waals surface area contributed by atoms with Gasteiger partial charge in [-0.15, -0.1) is 0 Å². The van der Waals surface area contributed by atoms with Gasteiger partial charge in [-0.05, 0) is 151 Å². The van der Waals surface area contributed by atoms with E-state index in [0.717, 1.165) is 71.9 Å². The molecule has 1 aliphatic carbocycles. The highest BCUT2D eigenvalue weighted by Gasteiger charge is 2.32. The summed E-state index contributed by atoms with van der Waals surface area (Å²) in [6, 6.07) is 45.4. The van der Waals surface area contributed by atoms with Gasteiger partial charge >= 0.3 is 6.09 Å². The van der Waals surface area contributed by atoms with E-state index >= 15 is 0 Å². The number of aromatic nitrogens is 1. The highest BCUT2D eigenvalue weighted by molar-refractivity contribution is 7.93. The highest BCUT2D eigenvalue weighted by Crippen LogP contribution is 2.37. The summed E-state index contributed by atoms with van der Waals surface area (Å²) in [5, 5.41) is 15.7. The fourth-order valence-corrected chi connectivity index (χ4v) is 12.2. The number of aryl methyl sites for hydroxylation is 2. The highest BCUT2D eigenvalue weighted by atomic mass is 35.5. The molecule has 16 nitrogen and oxygen atoms in total. The number of nitrogens with zero attached hydrogens (tertiary/aromatic N) is 3. The molecule has 10 rings (SSSR count). The van der Waals surface area contributed by atoms with Crippen LogP contribution in [0.2, 0.25) is 5.02 Å². The van der Waals surface area contributed by atoms with Crippen molar-refractivity contribution < 1.29 is 45.1 Å². The van der Waals surface area contributed by atoms with Crippen molar-refractivity contribution in [1.82, 2.24) is 4.98 Å². The number of Topliss-reactive ketones (excluding diaryl/α,β-unsaturated/α-hetero) is 1. The molecule has 8 aromatic carbocycles. The number of sulfonamides is 2. The number of carbonyl (C=O) groups is 3. The number of nitrogens with one attached hydrogen (secondary N) is 3. The molecule has 19 heteroatoms. The fourth-order valence-electron chi connectivity index (χ4n) is 10.2. The van der Waals surface area contributed by atoms with E-state index in [9.17, 15) is 36.5 Å². The van der Waals surface area contributed by atoms with Crippen molar-refractivity contribution in [3.05, 3.63) is 196 Å². The molecule has 0 spiro atoms. The van der Waals surface area contributed by atoms with Crippen LogP contribution in [0.25, 0.3) is 44.3 Å². The molecule has 1 unspecified atom stereocenters. The Morgan fingerprint density at radius 3 is 2.26 bits per heavy atom. The number of ketones is 1. The van der Waals surface area contributed by atoms with Crippen molar-refractivity contribution in [2.24, 2.45) is 0 Å². The first-order valence-corrected chi connectivity index (χ1v) is 30.0. The Morgan fingerprint density at radius 1 is 0.793 bits per heavy atom. The van der Waals surface area contributed by atoms with Gasteiger partial charge in [-0.2, -0.15) is 5.26 Å². The topological polar surface area (TPSA) is 227 Å². The molecule has 1 heterocycles. The molecule has 1 atom stereocenters. The molecule has 0 radical (unpaired) electrons. The number of oxazole rings is 1. The molecule has 1 fully saturated rings. The van der Waals surface area contributed by atoms with E-state index in [1.165, 1.54) is 36.4 Å². The Labute approximate surface area is 479 Å². The minimum Gasteiger partial charge on any atom is -0.470 e. The Bertz CT molecular complexity index is 4320. The average Bonchev–Trinajstić information content (AvgIpc) is 4.19. The summed E-state index contributed by atoms with van der Waals surface area (Å²) in [5.41, 5.74) is 6.77. The van der Waals surface area contributed by atoms with Gasteiger partial charge in [0.05, 0.1) is 33.2 Å². The van der Waals surface area contributed by atoms with Gasteiger partial charge in [0.15, 0.2) is 11.4 Å². The molecule has 1 aromatic heterocycles. The van der Waals surface area contributed by atoms with E-state index in [1.807, 2.05) is 92.7 Å². The monoisotopic (exact) mass is 1150 g/mol. The third-order valence-corrected chi connectivity index (χ3v) is 16.5. The number of allylic oxidation sites excluding steroid dienone is 1. The number of benzene rings is 8. The minimum atomic E-state index is -4.60. The molecule has 416 valence electrons. The number of anilines is 4. The standard InChI is InChI=1S/C63H55ClN6O10S2/c1-38-20-27-57-55(30-38)67-62(80-57)46(36-65)35-44-23-24-48(31-39(44)2)70(47-15-6-7-16-47)63(73)78-37-42-22-28-58(56(34-42)69-82(76,77)59-29-26-53(68-81(4,74)75)50-18-9-10-19-51(50)59)79-60(40(3)71)61(72)66-54-33-41(21-25-52(54)64)32-45-14-11-13-43-12-5-8-17-49(43)45/h5,8-14,17-31,33-35,47,60,68-69H,6-7,15-16,32,37H2,1-4H3,(H,66,72)/b46-35+. The molecular weight excluding hydrogens is 1100 g/mol. The van der Waals surface area contributed by atoms with Crippen LogP contribution in [0.4, 0.5) is 27.5 Å². The molecule has 0 saturated heterocycles. The summed E-state index contributed by atoms with van der Waals surface area (Å²) in [5.74, 6) is -1.65. The Hall–Kier alpha value is -9.02. The number of carbonyl (C=O) groups excluding carboxylic acids is 3. The van der Waals surface area contributed by atoms with Gasteiger partial charge in [0, 0.05) is 22.5 Å². The molecule has 2 amide bonds. The Morgan fingerprint density at radius 2 is 1.51 bits per heavy atom. The number of amides is 2. The van der Waals surface area contributed by atoms with Crippen LogP contribution >= 0.6 is 11.6 Å². The first-order valence-electron chi connectivity index (χ1n) is 26.2. The molecule has 82 heavy (non-hydrogen) atoms. The van der Waals surface area contributed by atoms with Gasteiger partial charge in [-0.25, -0.2) is 26.6 Å². The lowest BCUT2D eigenvalue weighted by atomic mass is 9.98. The minimum absolute atomic E-state index is 0.147. The molecule has 0 aliphatic heterocycles. The smallest absolute Gasteiger partial charge is 0.414 e. The van der Waals surface area contributed by atoms with Gasteiger partial charge in [0.2, 0.25) is 22.0 Å². The van der Waals surface area contributed by atoms with Crippen LogP contribution in [-0.2, 0) is 47.4 Å². The predicted octanol–water partition coefficient (Wildman–Crippen LogP) is 13.3. The van der Waals surface area contributed by atoms with Crippen molar-refractivity contribution in [3.63, 3.8) is 0 Å². The fraction of sp³-hybridized carbons (Fsp3) is 0.190. The summed E-state index contributed by atoms with van der Waals surface area (Å²) in [7, 11) is -8.37. The number of fused-ring (bicyclic) bond motifs is 3. The average molecular weight is 1160 g/mol. The van der Waals surface area contributed by atoms with E-state index < -0.39 is 43.9 Å². The molecular formula is C63H55ClN6O10S2. The number of nitriles is 1. The maximum absolute atomic E-state index is 14.7. The zero-order valence-electron chi connectivity index (χ0n) is 45.0. The number of halogens is 1. The SMILES string of the molecule is CC(=O)C(Oc1ccc(COC(=O)N(c2ccc(/C=C(\C#N)c3nc4cc(C)ccc4o3)c(C)c2)C2CCCC2)cc1NS(=O)(=O)c1ccc(NS(C)(=O)=O)c2ccccc12)C(=O)Nc1cc(Cc2cccc3ccccc23)ccc1Cl. The van der Waals surface area contributed by atoms with Crippen LogP contribution in [0.1, 0.15) is 71.9 Å². The first kappa shape index (κ1) is 56.3. The van der Waals surface area contributed by atoms with Crippen LogP contribution in [-0.4, -0.2) is 58.0 Å². The van der Waals surface area contributed by atoms with Crippen molar-refractivity contribution >= 4 is 116 Å². The van der Waals surface area contributed by atoms with Crippen LogP contribution in [0.3, 0.4) is 0 Å². The lowest BCUT2D eigenvalue weighted by Gasteiger charge is -2.29. The van der Waals surface area contributed by atoms with Gasteiger partial charge in [-0.3, -0.25) is 23.9 Å².